The second-order valence-electron chi connectivity index (χ2n) is 4.93. The van der Waals surface area contributed by atoms with Crippen molar-refractivity contribution in [2.24, 2.45) is 5.92 Å². The highest BCUT2D eigenvalue weighted by atomic mass is 16.5. The minimum Gasteiger partial charge on any atom is -0.480 e. The highest BCUT2D eigenvalue weighted by Crippen LogP contribution is 2.09. The van der Waals surface area contributed by atoms with Crippen molar-refractivity contribution in [1.82, 2.24) is 10.2 Å². The van der Waals surface area contributed by atoms with E-state index >= 15 is 0 Å². The van der Waals surface area contributed by atoms with Gasteiger partial charge in [-0.15, -0.1) is 0 Å². The van der Waals surface area contributed by atoms with Gasteiger partial charge in [0.1, 0.15) is 6.04 Å². The van der Waals surface area contributed by atoms with Gasteiger partial charge in [0.15, 0.2) is 0 Å². The van der Waals surface area contributed by atoms with Crippen LogP contribution in [0.1, 0.15) is 34.1 Å². The van der Waals surface area contributed by atoms with Crippen molar-refractivity contribution in [3.63, 3.8) is 0 Å². The number of aliphatic carboxylic acids is 1. The van der Waals surface area contributed by atoms with Gasteiger partial charge < -0.3 is 20.1 Å². The highest BCUT2D eigenvalue weighted by Gasteiger charge is 2.28. The molecule has 0 heterocycles. The van der Waals surface area contributed by atoms with Crippen LogP contribution in [0.15, 0.2) is 0 Å². The van der Waals surface area contributed by atoms with Crippen molar-refractivity contribution in [1.29, 1.82) is 0 Å². The lowest BCUT2D eigenvalue weighted by Gasteiger charge is -2.29. The van der Waals surface area contributed by atoms with Crippen molar-refractivity contribution in [2.75, 3.05) is 20.3 Å². The molecule has 2 unspecified atom stereocenters. The van der Waals surface area contributed by atoms with E-state index in [1.165, 1.54) is 0 Å². The van der Waals surface area contributed by atoms with E-state index in [0.29, 0.717) is 19.6 Å². The van der Waals surface area contributed by atoms with Gasteiger partial charge in [-0.3, -0.25) is 0 Å². The zero-order valence-corrected chi connectivity index (χ0v) is 12.5. The molecule has 6 nitrogen and oxygen atoms in total. The van der Waals surface area contributed by atoms with Crippen molar-refractivity contribution >= 4 is 12.0 Å². The molecule has 6 heteroatoms. The predicted molar refractivity (Wildman–Crippen MR) is 73.1 cm³/mol. The Balaban J connectivity index is 4.71. The maximum atomic E-state index is 12.1. The number of rotatable bonds is 8. The summed E-state index contributed by atoms with van der Waals surface area (Å²) >= 11 is 0. The molecule has 0 saturated heterocycles. The molecule has 0 radical (unpaired) electrons. The van der Waals surface area contributed by atoms with Crippen LogP contribution < -0.4 is 5.32 Å². The largest absolute Gasteiger partial charge is 0.480 e. The number of nitrogens with one attached hydrogen (secondary N) is 1. The van der Waals surface area contributed by atoms with Gasteiger partial charge in [0.05, 0.1) is 6.61 Å². The number of hydrogen-bond donors (Lipinski definition) is 2. The monoisotopic (exact) mass is 274 g/mol. The summed E-state index contributed by atoms with van der Waals surface area (Å²) in [6, 6.07) is -1.23. The van der Waals surface area contributed by atoms with Gasteiger partial charge in [-0.1, -0.05) is 20.3 Å². The number of carboxylic acids is 1. The summed E-state index contributed by atoms with van der Waals surface area (Å²) in [4.78, 5) is 24.9. The van der Waals surface area contributed by atoms with Crippen molar-refractivity contribution < 1.29 is 19.4 Å². The first-order valence-corrected chi connectivity index (χ1v) is 6.63. The molecule has 2 atom stereocenters. The lowest BCUT2D eigenvalue weighted by Crippen LogP contribution is -2.53. The van der Waals surface area contributed by atoms with Crippen LogP contribution in [0.4, 0.5) is 4.79 Å². The molecule has 0 aromatic carbocycles. The fourth-order valence-corrected chi connectivity index (χ4v) is 1.68. The molecule has 0 fully saturated rings. The first kappa shape index (κ1) is 17.7. The van der Waals surface area contributed by atoms with Crippen LogP contribution in [-0.2, 0) is 9.53 Å². The van der Waals surface area contributed by atoms with Crippen LogP contribution in [0.25, 0.3) is 0 Å². The summed E-state index contributed by atoms with van der Waals surface area (Å²) in [7, 11) is 1.57. The molecule has 0 aliphatic heterocycles. The number of ether oxygens (including phenoxy) is 1. The molecule has 19 heavy (non-hydrogen) atoms. The van der Waals surface area contributed by atoms with E-state index < -0.39 is 12.0 Å². The lowest BCUT2D eigenvalue weighted by atomic mass is 9.99. The van der Waals surface area contributed by atoms with Crippen molar-refractivity contribution in [3.8, 4) is 0 Å². The summed E-state index contributed by atoms with van der Waals surface area (Å²) in [5.41, 5.74) is 0. The molecule has 0 spiro atoms. The summed E-state index contributed by atoms with van der Waals surface area (Å²) in [6.45, 7) is 8.34. The molecule has 2 amide bonds. The number of urea groups is 1. The van der Waals surface area contributed by atoms with Crippen LogP contribution in [0.2, 0.25) is 0 Å². The molecular weight excluding hydrogens is 248 g/mol. The van der Waals surface area contributed by atoms with E-state index in [4.69, 9.17) is 9.84 Å². The third kappa shape index (κ3) is 5.92. The Morgan fingerprint density at radius 2 is 1.89 bits per heavy atom. The first-order chi connectivity index (χ1) is 8.84. The van der Waals surface area contributed by atoms with E-state index in [2.05, 4.69) is 5.32 Å². The molecule has 2 N–H and O–H groups in total. The zero-order valence-electron chi connectivity index (χ0n) is 12.5. The Morgan fingerprint density at radius 3 is 2.26 bits per heavy atom. The van der Waals surface area contributed by atoms with Gasteiger partial charge in [0, 0.05) is 19.7 Å². The Morgan fingerprint density at radius 1 is 1.32 bits per heavy atom. The standard InChI is InChI=1S/C13H26N2O4/c1-6-10(4)11(12(16)17)14-13(18)15(9(2)3)7-8-19-5/h9-11H,6-8H2,1-5H3,(H,14,18)(H,16,17). The molecule has 112 valence electrons. The molecule has 0 bridgehead atoms. The lowest BCUT2D eigenvalue weighted by molar-refractivity contribution is -0.140. The number of carbonyl (C=O) groups is 2. The van der Waals surface area contributed by atoms with Crippen LogP contribution in [0.3, 0.4) is 0 Å². The number of carbonyl (C=O) groups excluding carboxylic acids is 1. The van der Waals surface area contributed by atoms with Crippen molar-refractivity contribution in [2.45, 2.75) is 46.2 Å². The Kier molecular flexibility index (Phi) is 8.14. The molecule has 0 aliphatic rings. The average Bonchev–Trinajstić information content (AvgIpc) is 2.34. The first-order valence-electron chi connectivity index (χ1n) is 6.63. The maximum absolute atomic E-state index is 12.1. The number of amides is 2. The summed E-state index contributed by atoms with van der Waals surface area (Å²) in [5, 5.41) is 11.8. The van der Waals surface area contributed by atoms with Gasteiger partial charge in [0.2, 0.25) is 0 Å². The van der Waals surface area contributed by atoms with E-state index in [0.717, 1.165) is 0 Å². The molecule has 0 aliphatic carbocycles. The van der Waals surface area contributed by atoms with Gasteiger partial charge in [-0.2, -0.15) is 0 Å². The maximum Gasteiger partial charge on any atom is 0.326 e. The van der Waals surface area contributed by atoms with Gasteiger partial charge in [-0.05, 0) is 19.8 Å². The number of hydrogen-bond acceptors (Lipinski definition) is 3. The fourth-order valence-electron chi connectivity index (χ4n) is 1.68. The number of methoxy groups -OCH3 is 1. The Bertz CT molecular complexity index is 294. The van der Waals surface area contributed by atoms with Gasteiger partial charge >= 0.3 is 12.0 Å². The third-order valence-electron chi connectivity index (χ3n) is 3.18. The molecule has 0 saturated carbocycles. The van der Waals surface area contributed by atoms with Crippen LogP contribution >= 0.6 is 0 Å². The topological polar surface area (TPSA) is 78.9 Å². The third-order valence-corrected chi connectivity index (χ3v) is 3.18. The van der Waals surface area contributed by atoms with E-state index in [9.17, 15) is 9.59 Å². The van der Waals surface area contributed by atoms with E-state index in [1.54, 1.807) is 12.0 Å². The van der Waals surface area contributed by atoms with Gasteiger partial charge in [0.25, 0.3) is 0 Å². The SMILES string of the molecule is CCC(C)C(NC(=O)N(CCOC)C(C)C)C(=O)O. The van der Waals surface area contributed by atoms with Crippen LogP contribution in [0, 0.1) is 5.92 Å². The molecule has 0 aromatic rings. The smallest absolute Gasteiger partial charge is 0.326 e. The fraction of sp³-hybridized carbons (Fsp3) is 0.846. The zero-order chi connectivity index (χ0) is 15.0. The molecule has 0 aromatic heterocycles. The summed E-state index contributed by atoms with van der Waals surface area (Å²) in [6.07, 6.45) is 0.691. The second-order valence-corrected chi connectivity index (χ2v) is 4.93. The number of carboxylic acid groups (broad SMARTS) is 1. The van der Waals surface area contributed by atoms with Crippen LogP contribution in [0.5, 0.6) is 0 Å². The van der Waals surface area contributed by atoms with E-state index in [-0.39, 0.29) is 18.0 Å². The molecule has 0 rings (SSSR count). The second kappa shape index (κ2) is 8.74. The normalized spacial score (nSPS) is 14.0. The van der Waals surface area contributed by atoms with Gasteiger partial charge in [-0.25, -0.2) is 9.59 Å². The average molecular weight is 274 g/mol. The minimum atomic E-state index is -1.00. The summed E-state index contributed by atoms with van der Waals surface area (Å²) in [5.74, 6) is -1.11. The number of nitrogens with zero attached hydrogens (tertiary/aromatic N) is 1. The minimum absolute atomic E-state index is 0.0125. The Hall–Kier alpha value is -1.30. The quantitative estimate of drug-likeness (QED) is 0.704. The predicted octanol–water partition coefficient (Wildman–Crippen LogP) is 1.55. The van der Waals surface area contributed by atoms with Crippen molar-refractivity contribution in [3.05, 3.63) is 0 Å². The van der Waals surface area contributed by atoms with Crippen LogP contribution in [-0.4, -0.2) is 54.4 Å². The highest BCUT2D eigenvalue weighted by molar-refractivity contribution is 5.82. The van der Waals surface area contributed by atoms with E-state index in [1.807, 2.05) is 27.7 Å². The molecular formula is C13H26N2O4. The summed E-state index contributed by atoms with van der Waals surface area (Å²) < 4.78 is 4.96. The Labute approximate surface area is 115 Å².